The molecule has 18 heavy (non-hydrogen) atoms. The Morgan fingerprint density at radius 1 is 1.22 bits per heavy atom. The summed E-state index contributed by atoms with van der Waals surface area (Å²) in [7, 11) is 0. The second-order valence-corrected chi connectivity index (χ2v) is 4.69. The highest BCUT2D eigenvalue weighted by Gasteiger charge is 2.08. The van der Waals surface area contributed by atoms with Gasteiger partial charge in [0, 0.05) is 11.6 Å². The van der Waals surface area contributed by atoms with Crippen LogP contribution in [0, 0.1) is 12.7 Å². The number of aromatic nitrogens is 2. The molecule has 0 atom stereocenters. The topological polar surface area (TPSA) is 45.8 Å². The van der Waals surface area contributed by atoms with Crippen LogP contribution in [0.5, 0.6) is 0 Å². The second-order valence-electron chi connectivity index (χ2n) is 4.69. The summed E-state index contributed by atoms with van der Waals surface area (Å²) in [6.07, 6.45) is 0. The first-order valence-electron chi connectivity index (χ1n) is 5.84. The van der Waals surface area contributed by atoms with E-state index in [1.54, 1.807) is 13.0 Å². The van der Waals surface area contributed by atoms with Gasteiger partial charge < -0.3 is 4.98 Å². The Morgan fingerprint density at radius 2 is 1.94 bits per heavy atom. The molecule has 94 valence electrons. The second kappa shape index (κ2) is 4.72. The minimum Gasteiger partial charge on any atom is -0.307 e. The SMILES string of the molecule is Cc1cc(F)cc(-c2nc(C(C)C)cc(=O)[nH]2)c1. The van der Waals surface area contributed by atoms with Crippen LogP contribution in [0.3, 0.4) is 0 Å². The maximum Gasteiger partial charge on any atom is 0.251 e. The van der Waals surface area contributed by atoms with E-state index < -0.39 is 0 Å². The number of aryl methyl sites for hydroxylation is 1. The molecule has 1 heterocycles. The van der Waals surface area contributed by atoms with Gasteiger partial charge >= 0.3 is 0 Å². The Bertz CT molecular complexity index is 612. The summed E-state index contributed by atoms with van der Waals surface area (Å²) in [6, 6.07) is 6.08. The molecule has 1 aromatic carbocycles. The van der Waals surface area contributed by atoms with E-state index in [4.69, 9.17) is 0 Å². The molecule has 1 aromatic heterocycles. The van der Waals surface area contributed by atoms with Crippen molar-refractivity contribution in [2.75, 3.05) is 0 Å². The Hall–Kier alpha value is -1.97. The van der Waals surface area contributed by atoms with E-state index in [0.29, 0.717) is 17.1 Å². The number of H-pyrrole nitrogens is 1. The summed E-state index contributed by atoms with van der Waals surface area (Å²) in [5.74, 6) is 0.233. The summed E-state index contributed by atoms with van der Waals surface area (Å²) in [5, 5.41) is 0. The lowest BCUT2D eigenvalue weighted by atomic mass is 10.1. The molecule has 0 saturated heterocycles. The quantitative estimate of drug-likeness (QED) is 0.885. The molecule has 0 unspecified atom stereocenters. The van der Waals surface area contributed by atoms with E-state index >= 15 is 0 Å². The molecule has 0 saturated carbocycles. The molecule has 0 amide bonds. The summed E-state index contributed by atoms with van der Waals surface area (Å²) in [6.45, 7) is 5.72. The Morgan fingerprint density at radius 3 is 2.56 bits per heavy atom. The highest BCUT2D eigenvalue weighted by atomic mass is 19.1. The summed E-state index contributed by atoms with van der Waals surface area (Å²) >= 11 is 0. The summed E-state index contributed by atoms with van der Waals surface area (Å²) in [5.41, 5.74) is 1.87. The number of rotatable bonds is 2. The van der Waals surface area contributed by atoms with Crippen molar-refractivity contribution in [1.82, 2.24) is 9.97 Å². The fraction of sp³-hybridized carbons (Fsp3) is 0.286. The van der Waals surface area contributed by atoms with E-state index in [9.17, 15) is 9.18 Å². The third-order valence-corrected chi connectivity index (χ3v) is 2.67. The fourth-order valence-corrected chi connectivity index (χ4v) is 1.78. The zero-order valence-corrected chi connectivity index (χ0v) is 10.6. The van der Waals surface area contributed by atoms with E-state index in [1.165, 1.54) is 18.2 Å². The first kappa shape index (κ1) is 12.5. The Labute approximate surface area is 105 Å². The van der Waals surface area contributed by atoms with Gasteiger partial charge in [-0.05, 0) is 36.6 Å². The highest BCUT2D eigenvalue weighted by Crippen LogP contribution is 2.19. The van der Waals surface area contributed by atoms with Crippen LogP contribution in [0.15, 0.2) is 29.1 Å². The van der Waals surface area contributed by atoms with Gasteiger partial charge in [0.25, 0.3) is 5.56 Å². The molecule has 0 bridgehead atoms. The smallest absolute Gasteiger partial charge is 0.251 e. The van der Waals surface area contributed by atoms with Crippen LogP contribution in [0.2, 0.25) is 0 Å². The molecule has 0 spiro atoms. The van der Waals surface area contributed by atoms with Gasteiger partial charge in [-0.1, -0.05) is 13.8 Å². The monoisotopic (exact) mass is 246 g/mol. The average Bonchev–Trinajstić information content (AvgIpc) is 2.26. The number of hydrogen-bond acceptors (Lipinski definition) is 2. The van der Waals surface area contributed by atoms with Crippen molar-refractivity contribution in [3.63, 3.8) is 0 Å². The Kier molecular flexibility index (Phi) is 3.28. The number of hydrogen-bond donors (Lipinski definition) is 1. The van der Waals surface area contributed by atoms with E-state index in [2.05, 4.69) is 9.97 Å². The predicted octanol–water partition coefficient (Wildman–Crippen LogP) is 3.01. The van der Waals surface area contributed by atoms with Gasteiger partial charge in [-0.15, -0.1) is 0 Å². The molecular weight excluding hydrogens is 231 g/mol. The number of nitrogens with one attached hydrogen (secondary N) is 1. The molecule has 2 aromatic rings. The Balaban J connectivity index is 2.60. The van der Waals surface area contributed by atoms with E-state index in [-0.39, 0.29) is 17.3 Å². The van der Waals surface area contributed by atoms with Crippen LogP contribution in [0.1, 0.15) is 31.0 Å². The van der Waals surface area contributed by atoms with Gasteiger partial charge in [-0.25, -0.2) is 9.37 Å². The predicted molar refractivity (Wildman–Crippen MR) is 69.1 cm³/mol. The minimum absolute atomic E-state index is 0.153. The number of aromatic amines is 1. The lowest BCUT2D eigenvalue weighted by Crippen LogP contribution is -2.11. The molecule has 4 heteroatoms. The maximum atomic E-state index is 13.4. The lowest BCUT2D eigenvalue weighted by Gasteiger charge is -2.07. The van der Waals surface area contributed by atoms with Crippen molar-refractivity contribution >= 4 is 0 Å². The third kappa shape index (κ3) is 2.64. The van der Waals surface area contributed by atoms with Crippen LogP contribution < -0.4 is 5.56 Å². The van der Waals surface area contributed by atoms with Gasteiger partial charge in [0.15, 0.2) is 0 Å². The number of nitrogens with zero attached hydrogens (tertiary/aromatic N) is 1. The van der Waals surface area contributed by atoms with Crippen molar-refractivity contribution in [3.8, 4) is 11.4 Å². The van der Waals surface area contributed by atoms with Gasteiger partial charge in [0.1, 0.15) is 11.6 Å². The zero-order chi connectivity index (χ0) is 13.3. The van der Waals surface area contributed by atoms with Crippen LogP contribution in [0.4, 0.5) is 4.39 Å². The maximum absolute atomic E-state index is 13.4. The lowest BCUT2D eigenvalue weighted by molar-refractivity contribution is 0.627. The van der Waals surface area contributed by atoms with Crippen molar-refractivity contribution in [2.24, 2.45) is 0 Å². The van der Waals surface area contributed by atoms with Crippen molar-refractivity contribution in [2.45, 2.75) is 26.7 Å². The molecular formula is C14H15FN2O. The van der Waals surface area contributed by atoms with Crippen LogP contribution in [0.25, 0.3) is 11.4 Å². The van der Waals surface area contributed by atoms with E-state index in [0.717, 1.165) is 5.56 Å². The number of halogens is 1. The standard InChI is InChI=1S/C14H15FN2O/c1-8(2)12-7-13(18)17-14(16-12)10-4-9(3)5-11(15)6-10/h4-8H,1-3H3,(H,16,17,18). The van der Waals surface area contributed by atoms with Crippen LogP contribution >= 0.6 is 0 Å². The van der Waals surface area contributed by atoms with Gasteiger partial charge in [-0.2, -0.15) is 0 Å². The minimum atomic E-state index is -0.331. The molecule has 0 aliphatic heterocycles. The molecule has 1 N–H and O–H groups in total. The molecule has 0 aliphatic carbocycles. The van der Waals surface area contributed by atoms with Crippen molar-refractivity contribution < 1.29 is 4.39 Å². The van der Waals surface area contributed by atoms with Crippen molar-refractivity contribution in [1.29, 1.82) is 0 Å². The fourth-order valence-electron chi connectivity index (χ4n) is 1.78. The van der Waals surface area contributed by atoms with E-state index in [1.807, 2.05) is 13.8 Å². The van der Waals surface area contributed by atoms with Crippen molar-refractivity contribution in [3.05, 3.63) is 51.7 Å². The molecule has 0 radical (unpaired) electrons. The summed E-state index contributed by atoms with van der Waals surface area (Å²) < 4.78 is 13.4. The van der Waals surface area contributed by atoms with Crippen LogP contribution in [-0.2, 0) is 0 Å². The molecule has 0 aliphatic rings. The molecule has 0 fully saturated rings. The normalized spacial score (nSPS) is 10.9. The summed E-state index contributed by atoms with van der Waals surface area (Å²) in [4.78, 5) is 18.6. The van der Waals surface area contributed by atoms with Gasteiger partial charge in [0.05, 0.1) is 5.69 Å². The zero-order valence-electron chi connectivity index (χ0n) is 10.6. The third-order valence-electron chi connectivity index (χ3n) is 2.67. The first-order chi connectivity index (χ1) is 8.45. The first-order valence-corrected chi connectivity index (χ1v) is 5.84. The largest absolute Gasteiger partial charge is 0.307 e. The van der Waals surface area contributed by atoms with Gasteiger partial charge in [0.2, 0.25) is 0 Å². The molecule has 2 rings (SSSR count). The highest BCUT2D eigenvalue weighted by molar-refractivity contribution is 5.56. The van der Waals surface area contributed by atoms with Crippen LogP contribution in [-0.4, -0.2) is 9.97 Å². The number of benzene rings is 1. The average molecular weight is 246 g/mol. The van der Waals surface area contributed by atoms with Gasteiger partial charge in [-0.3, -0.25) is 4.79 Å². The molecule has 3 nitrogen and oxygen atoms in total.